The zero-order chi connectivity index (χ0) is 14.8. The zero-order valence-electron chi connectivity index (χ0n) is 11.6. The maximum Gasteiger partial charge on any atom is 0.252 e. The minimum Gasteiger partial charge on any atom is -0.379 e. The maximum atomic E-state index is 11.8. The third kappa shape index (κ3) is 5.94. The predicted octanol–water partition coefficient (Wildman–Crippen LogP) is -0.853. The molecule has 0 aromatic rings. The fraction of sp³-hybridized carbons (Fsp3) is 0.615. The molecule has 1 aliphatic heterocycles. The van der Waals surface area contributed by atoms with Gasteiger partial charge in [0.1, 0.15) is 0 Å². The lowest BCUT2D eigenvalue weighted by Crippen LogP contribution is -2.46. The molecule has 0 radical (unpaired) electrons. The number of rotatable bonds is 8. The van der Waals surface area contributed by atoms with Crippen LogP contribution in [0.5, 0.6) is 0 Å². The van der Waals surface area contributed by atoms with Gasteiger partial charge in [-0.3, -0.25) is 9.59 Å². The van der Waals surface area contributed by atoms with Crippen molar-refractivity contribution in [1.29, 1.82) is 5.41 Å². The van der Waals surface area contributed by atoms with Crippen molar-refractivity contribution in [3.63, 3.8) is 0 Å². The van der Waals surface area contributed by atoms with E-state index in [9.17, 15) is 9.59 Å². The van der Waals surface area contributed by atoms with Gasteiger partial charge in [0.2, 0.25) is 5.91 Å². The lowest BCUT2D eigenvalue weighted by molar-refractivity contribution is -0.133. The molecule has 0 spiro atoms. The number of ether oxygens (including phenoxy) is 1. The van der Waals surface area contributed by atoms with Crippen LogP contribution in [0.25, 0.3) is 0 Å². The second-order valence-corrected chi connectivity index (χ2v) is 4.42. The average Bonchev–Trinajstić information content (AvgIpc) is 2.50. The van der Waals surface area contributed by atoms with Crippen LogP contribution in [0.4, 0.5) is 0 Å². The van der Waals surface area contributed by atoms with Crippen molar-refractivity contribution in [2.45, 2.75) is 6.42 Å². The molecule has 0 saturated carbocycles. The Morgan fingerprint density at radius 1 is 1.35 bits per heavy atom. The van der Waals surface area contributed by atoms with Crippen molar-refractivity contribution in [2.24, 2.45) is 0 Å². The molecule has 112 valence electrons. The van der Waals surface area contributed by atoms with E-state index in [-0.39, 0.29) is 17.4 Å². The highest BCUT2D eigenvalue weighted by Gasteiger charge is 2.15. The number of hydrogen-bond acceptors (Lipinski definition) is 5. The van der Waals surface area contributed by atoms with Gasteiger partial charge in [0.15, 0.2) is 0 Å². The molecular formula is C13H22N4O3. The first kappa shape index (κ1) is 16.3. The molecule has 1 heterocycles. The summed E-state index contributed by atoms with van der Waals surface area (Å²) in [6.45, 7) is 7.63. The third-order valence-electron chi connectivity index (χ3n) is 2.93. The first-order chi connectivity index (χ1) is 9.65. The van der Waals surface area contributed by atoms with Crippen LogP contribution in [0.15, 0.2) is 12.2 Å². The second-order valence-electron chi connectivity index (χ2n) is 4.42. The van der Waals surface area contributed by atoms with Gasteiger partial charge in [-0.05, 0) is 0 Å². The molecule has 2 amide bonds. The van der Waals surface area contributed by atoms with Crippen LogP contribution >= 0.6 is 0 Å². The van der Waals surface area contributed by atoms with Crippen LogP contribution in [0.3, 0.4) is 0 Å². The number of hydrogen-bond donors (Lipinski definition) is 3. The minimum absolute atomic E-state index is 0.104. The van der Waals surface area contributed by atoms with Gasteiger partial charge in [0.25, 0.3) is 5.91 Å². The van der Waals surface area contributed by atoms with Crippen molar-refractivity contribution >= 4 is 18.0 Å². The van der Waals surface area contributed by atoms with E-state index < -0.39 is 0 Å². The van der Waals surface area contributed by atoms with E-state index in [1.54, 1.807) is 0 Å². The fourth-order valence-corrected chi connectivity index (χ4v) is 1.75. The van der Waals surface area contributed by atoms with Gasteiger partial charge >= 0.3 is 0 Å². The molecule has 0 atom stereocenters. The summed E-state index contributed by atoms with van der Waals surface area (Å²) in [5.74, 6) is -0.270. The molecule has 1 rings (SSSR count). The van der Waals surface area contributed by atoms with Crippen molar-refractivity contribution in [2.75, 3.05) is 45.9 Å². The summed E-state index contributed by atoms with van der Waals surface area (Å²) < 4.78 is 5.29. The van der Waals surface area contributed by atoms with Crippen LogP contribution in [0.1, 0.15) is 6.42 Å². The SMILES string of the molecule is C=C(C=N)C(=O)NCCOCCC(=O)N1CCNCC1. The smallest absolute Gasteiger partial charge is 0.252 e. The van der Waals surface area contributed by atoms with E-state index >= 15 is 0 Å². The summed E-state index contributed by atoms with van der Waals surface area (Å²) in [7, 11) is 0. The first-order valence-electron chi connectivity index (χ1n) is 6.69. The van der Waals surface area contributed by atoms with Crippen molar-refractivity contribution < 1.29 is 14.3 Å². The van der Waals surface area contributed by atoms with E-state index in [1.807, 2.05) is 4.90 Å². The van der Waals surface area contributed by atoms with E-state index in [1.165, 1.54) is 0 Å². The standard InChI is InChI=1S/C13H22N4O3/c1-11(10-14)13(19)16-5-9-20-8-2-12(18)17-6-3-15-4-7-17/h10,14-15H,1-9H2,(H,16,19). The highest BCUT2D eigenvalue weighted by Crippen LogP contribution is 1.97. The van der Waals surface area contributed by atoms with E-state index in [2.05, 4.69) is 17.2 Å². The predicted molar refractivity (Wildman–Crippen MR) is 75.8 cm³/mol. The Balaban J connectivity index is 2.01. The zero-order valence-corrected chi connectivity index (χ0v) is 11.6. The quantitative estimate of drug-likeness (QED) is 0.307. The number of carbonyl (C=O) groups excluding carboxylic acids is 2. The maximum absolute atomic E-state index is 11.8. The molecule has 1 saturated heterocycles. The number of carbonyl (C=O) groups is 2. The van der Waals surface area contributed by atoms with Crippen LogP contribution in [-0.4, -0.2) is 68.9 Å². The van der Waals surface area contributed by atoms with E-state index in [0.29, 0.717) is 26.2 Å². The summed E-state index contributed by atoms with van der Waals surface area (Å²) in [6.07, 6.45) is 1.27. The summed E-state index contributed by atoms with van der Waals surface area (Å²) in [5, 5.41) is 12.6. The highest BCUT2D eigenvalue weighted by molar-refractivity contribution is 6.10. The Morgan fingerprint density at radius 2 is 2.05 bits per heavy atom. The Bertz CT molecular complexity index is 365. The number of amides is 2. The summed E-state index contributed by atoms with van der Waals surface area (Å²) >= 11 is 0. The van der Waals surface area contributed by atoms with Gasteiger partial charge in [-0.2, -0.15) is 0 Å². The summed E-state index contributed by atoms with van der Waals surface area (Å²) in [6, 6.07) is 0. The largest absolute Gasteiger partial charge is 0.379 e. The number of piperazine rings is 1. The van der Waals surface area contributed by atoms with E-state index in [0.717, 1.165) is 32.4 Å². The summed E-state index contributed by atoms with van der Waals surface area (Å²) in [5.41, 5.74) is 0.110. The topological polar surface area (TPSA) is 94.5 Å². The van der Waals surface area contributed by atoms with Crippen LogP contribution in [0, 0.1) is 5.41 Å². The molecule has 0 unspecified atom stereocenters. The van der Waals surface area contributed by atoms with Crippen LogP contribution in [-0.2, 0) is 14.3 Å². The molecular weight excluding hydrogens is 260 g/mol. The Morgan fingerprint density at radius 3 is 2.70 bits per heavy atom. The Labute approximate surface area is 118 Å². The third-order valence-corrected chi connectivity index (χ3v) is 2.93. The molecule has 1 aliphatic rings. The molecule has 1 fully saturated rings. The van der Waals surface area contributed by atoms with Crippen molar-refractivity contribution in [3.05, 3.63) is 12.2 Å². The van der Waals surface area contributed by atoms with E-state index in [4.69, 9.17) is 10.1 Å². The monoisotopic (exact) mass is 282 g/mol. The molecule has 20 heavy (non-hydrogen) atoms. The lowest BCUT2D eigenvalue weighted by atomic mass is 10.3. The van der Waals surface area contributed by atoms with Crippen LogP contribution < -0.4 is 10.6 Å². The van der Waals surface area contributed by atoms with Crippen molar-refractivity contribution in [1.82, 2.24) is 15.5 Å². The number of nitrogens with zero attached hydrogens (tertiary/aromatic N) is 1. The lowest BCUT2D eigenvalue weighted by Gasteiger charge is -2.27. The Kier molecular flexibility index (Phi) is 7.52. The molecule has 0 aromatic carbocycles. The minimum atomic E-state index is -0.375. The van der Waals surface area contributed by atoms with Gasteiger partial charge in [-0.25, -0.2) is 0 Å². The molecule has 3 N–H and O–H groups in total. The molecule has 7 nitrogen and oxygen atoms in total. The van der Waals surface area contributed by atoms with Crippen LogP contribution in [0.2, 0.25) is 0 Å². The molecule has 0 aliphatic carbocycles. The van der Waals surface area contributed by atoms with Gasteiger partial charge in [0, 0.05) is 44.5 Å². The molecule has 7 heteroatoms. The Hall–Kier alpha value is -1.73. The molecule has 0 bridgehead atoms. The van der Waals surface area contributed by atoms with Gasteiger partial charge in [-0.15, -0.1) is 0 Å². The average molecular weight is 282 g/mol. The first-order valence-corrected chi connectivity index (χ1v) is 6.69. The second kappa shape index (κ2) is 9.22. The molecule has 0 aromatic heterocycles. The normalized spacial score (nSPS) is 14.7. The summed E-state index contributed by atoms with van der Waals surface area (Å²) in [4.78, 5) is 24.8. The number of nitrogens with one attached hydrogen (secondary N) is 3. The highest BCUT2D eigenvalue weighted by atomic mass is 16.5. The van der Waals surface area contributed by atoms with Gasteiger partial charge in [-0.1, -0.05) is 6.58 Å². The van der Waals surface area contributed by atoms with Gasteiger partial charge in [0.05, 0.1) is 19.6 Å². The van der Waals surface area contributed by atoms with Crippen molar-refractivity contribution in [3.8, 4) is 0 Å². The van der Waals surface area contributed by atoms with Gasteiger partial charge < -0.3 is 25.7 Å². The fourth-order valence-electron chi connectivity index (χ4n) is 1.75.